The number of nitrogens with zero attached hydrogens (tertiary/aromatic N) is 2. The zero-order valence-corrected chi connectivity index (χ0v) is 19.8. The molecule has 0 N–H and O–H groups in total. The zero-order valence-electron chi connectivity index (χ0n) is 19.8. The van der Waals surface area contributed by atoms with Crippen LogP contribution in [-0.2, 0) is 17.6 Å². The fourth-order valence-corrected chi connectivity index (χ4v) is 4.37. The Bertz CT molecular complexity index is 966. The molecule has 1 aromatic carbocycles. The van der Waals surface area contributed by atoms with Gasteiger partial charge in [-0.25, -0.2) is 32.3 Å². The molecular formula is C26H32F4N2O2. The number of hydrogen-bond donors (Lipinski definition) is 0. The Hall–Kier alpha value is -2.51. The van der Waals surface area contributed by atoms with Crippen LogP contribution >= 0.6 is 0 Å². The predicted molar refractivity (Wildman–Crippen MR) is 121 cm³/mol. The van der Waals surface area contributed by atoms with Crippen LogP contribution in [0.5, 0.6) is 0 Å². The highest BCUT2D eigenvalue weighted by molar-refractivity contribution is 5.90. The molecule has 8 heteroatoms. The normalized spacial score (nSPS) is 19.7. The van der Waals surface area contributed by atoms with Gasteiger partial charge in [0.1, 0.15) is 11.9 Å². The van der Waals surface area contributed by atoms with E-state index in [9.17, 15) is 22.4 Å². The Morgan fingerprint density at radius 1 is 1.06 bits per heavy atom. The number of ether oxygens (including phenoxy) is 1. The lowest BCUT2D eigenvalue weighted by atomic mass is 9.80. The lowest BCUT2D eigenvalue weighted by Crippen LogP contribution is -2.40. The first-order valence-corrected chi connectivity index (χ1v) is 12.0. The van der Waals surface area contributed by atoms with Crippen molar-refractivity contribution in [2.75, 3.05) is 0 Å². The predicted octanol–water partition coefficient (Wildman–Crippen LogP) is 6.78. The van der Waals surface area contributed by atoms with E-state index in [-0.39, 0.29) is 18.4 Å². The van der Waals surface area contributed by atoms with Crippen LogP contribution in [0.2, 0.25) is 0 Å². The Morgan fingerprint density at radius 3 is 2.47 bits per heavy atom. The summed E-state index contributed by atoms with van der Waals surface area (Å²) in [6, 6.07) is 2.53. The number of aryl methyl sites for hydroxylation is 3. The van der Waals surface area contributed by atoms with Crippen molar-refractivity contribution in [3.8, 4) is 0 Å². The first-order chi connectivity index (χ1) is 16.2. The van der Waals surface area contributed by atoms with Crippen molar-refractivity contribution in [2.45, 2.75) is 90.1 Å². The highest BCUT2D eigenvalue weighted by atomic mass is 19.3. The molecule has 0 aliphatic heterocycles. The van der Waals surface area contributed by atoms with E-state index < -0.39 is 47.5 Å². The molecule has 0 radical (unpaired) electrons. The number of benzene rings is 1. The van der Waals surface area contributed by atoms with Crippen LogP contribution < -0.4 is 0 Å². The van der Waals surface area contributed by atoms with E-state index in [1.54, 1.807) is 12.4 Å². The second kappa shape index (κ2) is 11.8. The summed E-state index contributed by atoms with van der Waals surface area (Å²) in [6.45, 7) is 3.84. The number of hydrogen-bond acceptors (Lipinski definition) is 4. The number of carbonyl (C=O) groups is 1. The summed E-state index contributed by atoms with van der Waals surface area (Å²) in [4.78, 5) is 20.8. The number of alkyl halides is 2. The average molecular weight is 481 g/mol. The maximum Gasteiger partial charge on any atom is 0.341 e. The van der Waals surface area contributed by atoms with Gasteiger partial charge in [-0.15, -0.1) is 0 Å². The van der Waals surface area contributed by atoms with E-state index in [0.717, 1.165) is 12.0 Å². The van der Waals surface area contributed by atoms with E-state index in [0.29, 0.717) is 44.3 Å². The Kier molecular flexibility index (Phi) is 9.03. The van der Waals surface area contributed by atoms with Gasteiger partial charge >= 0.3 is 5.97 Å². The van der Waals surface area contributed by atoms with Crippen molar-refractivity contribution in [3.63, 3.8) is 0 Å². The highest BCUT2D eigenvalue weighted by Crippen LogP contribution is 2.42. The Morgan fingerprint density at radius 2 is 1.79 bits per heavy atom. The molecule has 1 aromatic heterocycles. The quantitative estimate of drug-likeness (QED) is 0.214. The van der Waals surface area contributed by atoms with Gasteiger partial charge < -0.3 is 4.74 Å². The molecule has 0 bridgehead atoms. The summed E-state index contributed by atoms with van der Waals surface area (Å²) in [5.74, 6) is -6.54. The molecular weight excluding hydrogens is 448 g/mol. The minimum atomic E-state index is -2.99. The van der Waals surface area contributed by atoms with Gasteiger partial charge in [0, 0.05) is 31.2 Å². The molecule has 0 amide bonds. The summed E-state index contributed by atoms with van der Waals surface area (Å²) in [6.07, 6.45) is 6.53. The third-order valence-corrected chi connectivity index (χ3v) is 6.43. The molecule has 4 nitrogen and oxygen atoms in total. The van der Waals surface area contributed by atoms with Crippen LogP contribution in [-0.4, -0.2) is 28.0 Å². The van der Waals surface area contributed by atoms with Gasteiger partial charge in [0.05, 0.1) is 5.56 Å². The minimum Gasteiger partial charge on any atom is -0.458 e. The lowest BCUT2D eigenvalue weighted by Gasteiger charge is -2.35. The minimum absolute atomic E-state index is 0.192. The van der Waals surface area contributed by atoms with Crippen LogP contribution in [0.15, 0.2) is 24.5 Å². The van der Waals surface area contributed by atoms with Crippen molar-refractivity contribution < 1.29 is 27.1 Å². The third-order valence-electron chi connectivity index (χ3n) is 6.43. The highest BCUT2D eigenvalue weighted by Gasteiger charge is 2.46. The van der Waals surface area contributed by atoms with Gasteiger partial charge in [-0.05, 0) is 62.6 Å². The molecule has 2 aromatic rings. The molecule has 0 spiro atoms. The van der Waals surface area contributed by atoms with Crippen molar-refractivity contribution in [1.29, 1.82) is 0 Å². The zero-order chi connectivity index (χ0) is 24.7. The molecule has 34 heavy (non-hydrogen) atoms. The number of aromatic nitrogens is 2. The van der Waals surface area contributed by atoms with Crippen molar-refractivity contribution in [1.82, 2.24) is 9.97 Å². The maximum absolute atomic E-state index is 14.7. The first kappa shape index (κ1) is 26.1. The maximum atomic E-state index is 14.7. The van der Waals surface area contributed by atoms with Crippen molar-refractivity contribution in [3.05, 3.63) is 58.7 Å². The molecule has 186 valence electrons. The topological polar surface area (TPSA) is 52.1 Å². The number of carbonyl (C=O) groups excluding carboxylic acids is 1. The molecule has 0 saturated heterocycles. The summed E-state index contributed by atoms with van der Waals surface area (Å²) in [5.41, 5.74) is 0.608. The number of esters is 1. The fraction of sp³-hybridized carbons (Fsp3) is 0.577. The van der Waals surface area contributed by atoms with E-state index >= 15 is 0 Å². The van der Waals surface area contributed by atoms with E-state index in [1.165, 1.54) is 12.1 Å². The van der Waals surface area contributed by atoms with E-state index in [1.807, 2.05) is 13.8 Å². The molecule has 2 atom stereocenters. The monoisotopic (exact) mass is 480 g/mol. The Labute approximate surface area is 198 Å². The van der Waals surface area contributed by atoms with Crippen LogP contribution in [0.4, 0.5) is 17.6 Å². The van der Waals surface area contributed by atoms with Gasteiger partial charge in [-0.2, -0.15) is 0 Å². The van der Waals surface area contributed by atoms with Crippen LogP contribution in [0.25, 0.3) is 0 Å². The summed E-state index contributed by atoms with van der Waals surface area (Å²) in [5, 5.41) is 0. The van der Waals surface area contributed by atoms with Crippen molar-refractivity contribution >= 4 is 5.97 Å². The summed E-state index contributed by atoms with van der Waals surface area (Å²) < 4.78 is 63.3. The number of rotatable bonds is 10. The SMILES string of the molecule is CCCCc1ccc(C(=O)OC2CCC(CCCCc3ncc(C)cn3)C(F)(F)C2)c(F)c1F. The molecule has 3 rings (SSSR count). The molecule has 1 saturated carbocycles. The van der Waals surface area contributed by atoms with Gasteiger partial charge in [0.15, 0.2) is 11.6 Å². The second-order valence-corrected chi connectivity index (χ2v) is 9.19. The van der Waals surface area contributed by atoms with Gasteiger partial charge in [0.25, 0.3) is 5.92 Å². The fourth-order valence-electron chi connectivity index (χ4n) is 4.37. The van der Waals surface area contributed by atoms with Gasteiger partial charge in [-0.3, -0.25) is 0 Å². The number of halogens is 4. The Balaban J connectivity index is 1.49. The first-order valence-electron chi connectivity index (χ1n) is 12.0. The molecule has 1 fully saturated rings. The molecule has 1 heterocycles. The van der Waals surface area contributed by atoms with Crippen LogP contribution in [0.1, 0.15) is 85.6 Å². The van der Waals surface area contributed by atoms with E-state index in [2.05, 4.69) is 9.97 Å². The summed E-state index contributed by atoms with van der Waals surface area (Å²) >= 11 is 0. The largest absolute Gasteiger partial charge is 0.458 e. The summed E-state index contributed by atoms with van der Waals surface area (Å²) in [7, 11) is 0. The van der Waals surface area contributed by atoms with Crippen LogP contribution in [0, 0.1) is 24.5 Å². The van der Waals surface area contributed by atoms with Crippen molar-refractivity contribution in [2.24, 2.45) is 5.92 Å². The smallest absolute Gasteiger partial charge is 0.341 e. The number of unbranched alkanes of at least 4 members (excludes halogenated alkanes) is 2. The molecule has 1 aliphatic rings. The van der Waals surface area contributed by atoms with Gasteiger partial charge in [-0.1, -0.05) is 25.8 Å². The molecule has 1 aliphatic carbocycles. The average Bonchev–Trinajstić information content (AvgIpc) is 2.79. The second-order valence-electron chi connectivity index (χ2n) is 9.19. The standard InChI is InChI=1S/C26H32F4N2O2/c1-3-4-7-18-10-13-21(24(28)23(18)27)25(33)34-20-12-11-19(26(29,30)14-20)8-5-6-9-22-31-15-17(2)16-32-22/h10,13,15-16,19-20H,3-9,11-12,14H2,1-2H3. The third kappa shape index (κ3) is 6.76. The van der Waals surface area contributed by atoms with Gasteiger partial charge in [0.2, 0.25) is 0 Å². The molecule has 2 unspecified atom stereocenters. The lowest BCUT2D eigenvalue weighted by molar-refractivity contribution is -0.125. The van der Waals surface area contributed by atoms with E-state index in [4.69, 9.17) is 4.74 Å². The van der Waals surface area contributed by atoms with Crippen LogP contribution in [0.3, 0.4) is 0 Å².